The number of hydrogen-bond acceptors (Lipinski definition) is 3. The minimum Gasteiger partial charge on any atom is -0.491 e. The molecule has 0 aliphatic rings. The molecule has 0 saturated heterocycles. The van der Waals surface area contributed by atoms with Crippen LogP contribution in [0.4, 0.5) is 0 Å². The van der Waals surface area contributed by atoms with Crippen LogP contribution in [0.3, 0.4) is 0 Å². The van der Waals surface area contributed by atoms with Crippen LogP contribution in [0.1, 0.15) is 11.1 Å². The third-order valence-electron chi connectivity index (χ3n) is 2.86. The molecule has 0 amide bonds. The third kappa shape index (κ3) is 4.75. The van der Waals surface area contributed by atoms with Crippen molar-refractivity contribution in [1.29, 1.82) is 5.26 Å². The predicted octanol–water partition coefficient (Wildman–Crippen LogP) is 3.20. The van der Waals surface area contributed by atoms with Crippen molar-refractivity contribution in [1.82, 2.24) is 0 Å². The molecule has 3 nitrogen and oxygen atoms in total. The van der Waals surface area contributed by atoms with Crippen LogP contribution in [0, 0.1) is 11.3 Å². The molecule has 0 saturated carbocycles. The SMILES string of the molecule is N#Cc1ccc(OCCOCCc2ccccc2)cc1. The summed E-state index contributed by atoms with van der Waals surface area (Å²) < 4.78 is 11.1. The van der Waals surface area contributed by atoms with Gasteiger partial charge in [-0.15, -0.1) is 0 Å². The van der Waals surface area contributed by atoms with Crippen molar-refractivity contribution in [3.8, 4) is 11.8 Å². The molecule has 0 N–H and O–H groups in total. The topological polar surface area (TPSA) is 42.2 Å². The average molecular weight is 267 g/mol. The molecule has 0 radical (unpaired) electrons. The summed E-state index contributed by atoms with van der Waals surface area (Å²) in [5.74, 6) is 0.760. The second kappa shape index (κ2) is 7.98. The Morgan fingerprint density at radius 1 is 0.850 bits per heavy atom. The quantitative estimate of drug-likeness (QED) is 0.723. The zero-order valence-corrected chi connectivity index (χ0v) is 11.3. The monoisotopic (exact) mass is 267 g/mol. The van der Waals surface area contributed by atoms with Gasteiger partial charge in [-0.2, -0.15) is 5.26 Å². The summed E-state index contributed by atoms with van der Waals surface area (Å²) in [6.07, 6.45) is 0.914. The second-order valence-corrected chi connectivity index (χ2v) is 4.33. The molecule has 3 heteroatoms. The Morgan fingerprint density at radius 2 is 1.60 bits per heavy atom. The van der Waals surface area contributed by atoms with Crippen molar-refractivity contribution < 1.29 is 9.47 Å². The zero-order valence-electron chi connectivity index (χ0n) is 11.3. The Balaban J connectivity index is 1.58. The second-order valence-electron chi connectivity index (χ2n) is 4.33. The Hall–Kier alpha value is -2.31. The fourth-order valence-electron chi connectivity index (χ4n) is 1.78. The molecule has 0 fully saturated rings. The van der Waals surface area contributed by atoms with E-state index in [-0.39, 0.29) is 0 Å². The van der Waals surface area contributed by atoms with Crippen molar-refractivity contribution in [3.05, 3.63) is 65.7 Å². The molecule has 0 atom stereocenters. The van der Waals surface area contributed by atoms with Gasteiger partial charge in [-0.25, -0.2) is 0 Å². The van der Waals surface area contributed by atoms with E-state index in [1.807, 2.05) is 18.2 Å². The van der Waals surface area contributed by atoms with Crippen LogP contribution < -0.4 is 4.74 Å². The Morgan fingerprint density at radius 3 is 2.30 bits per heavy atom. The summed E-state index contributed by atoms with van der Waals surface area (Å²) in [5, 5.41) is 8.68. The summed E-state index contributed by atoms with van der Waals surface area (Å²) in [5.41, 5.74) is 1.91. The van der Waals surface area contributed by atoms with E-state index in [2.05, 4.69) is 18.2 Å². The molecule has 0 spiro atoms. The van der Waals surface area contributed by atoms with Crippen molar-refractivity contribution >= 4 is 0 Å². The lowest BCUT2D eigenvalue weighted by atomic mass is 10.2. The highest BCUT2D eigenvalue weighted by Crippen LogP contribution is 2.11. The van der Waals surface area contributed by atoms with E-state index in [1.54, 1.807) is 24.3 Å². The van der Waals surface area contributed by atoms with Crippen molar-refractivity contribution in [3.63, 3.8) is 0 Å². The molecule has 20 heavy (non-hydrogen) atoms. The van der Waals surface area contributed by atoms with E-state index >= 15 is 0 Å². The van der Waals surface area contributed by atoms with E-state index in [1.165, 1.54) is 5.56 Å². The number of benzene rings is 2. The summed E-state index contributed by atoms with van der Waals surface area (Å²) >= 11 is 0. The van der Waals surface area contributed by atoms with E-state index < -0.39 is 0 Å². The summed E-state index contributed by atoms with van der Waals surface area (Å²) in [7, 11) is 0. The van der Waals surface area contributed by atoms with Crippen LogP contribution in [0.15, 0.2) is 54.6 Å². The molecule has 2 rings (SSSR count). The number of nitrogens with zero attached hydrogens (tertiary/aromatic N) is 1. The lowest BCUT2D eigenvalue weighted by Crippen LogP contribution is -2.08. The number of rotatable bonds is 7. The van der Waals surface area contributed by atoms with E-state index in [9.17, 15) is 0 Å². The van der Waals surface area contributed by atoms with Gasteiger partial charge in [0, 0.05) is 0 Å². The van der Waals surface area contributed by atoms with Crippen molar-refractivity contribution in [2.24, 2.45) is 0 Å². The van der Waals surface area contributed by atoms with Crippen LogP contribution >= 0.6 is 0 Å². The minimum absolute atomic E-state index is 0.515. The molecule has 102 valence electrons. The molecule has 0 aliphatic carbocycles. The largest absolute Gasteiger partial charge is 0.491 e. The summed E-state index contributed by atoms with van der Waals surface area (Å²) in [6, 6.07) is 19.4. The predicted molar refractivity (Wildman–Crippen MR) is 77.6 cm³/mol. The number of ether oxygens (including phenoxy) is 2. The Bertz CT molecular complexity index is 543. The van der Waals surface area contributed by atoms with Crippen LogP contribution in [0.5, 0.6) is 5.75 Å². The Labute approximate surface area is 119 Å². The molecule has 0 bridgehead atoms. The maximum Gasteiger partial charge on any atom is 0.119 e. The normalized spacial score (nSPS) is 9.95. The van der Waals surface area contributed by atoms with E-state index in [0.29, 0.717) is 25.4 Å². The first-order chi connectivity index (χ1) is 9.88. The van der Waals surface area contributed by atoms with Crippen LogP contribution in [-0.4, -0.2) is 19.8 Å². The van der Waals surface area contributed by atoms with Gasteiger partial charge in [0.15, 0.2) is 0 Å². The minimum atomic E-state index is 0.515. The fourth-order valence-corrected chi connectivity index (χ4v) is 1.78. The smallest absolute Gasteiger partial charge is 0.119 e. The molecule has 0 unspecified atom stereocenters. The third-order valence-corrected chi connectivity index (χ3v) is 2.86. The first kappa shape index (κ1) is 14.1. The van der Waals surface area contributed by atoms with Crippen molar-refractivity contribution in [2.45, 2.75) is 6.42 Å². The maximum atomic E-state index is 8.68. The molecule has 0 aromatic heterocycles. The van der Waals surface area contributed by atoms with Gasteiger partial charge in [0.1, 0.15) is 12.4 Å². The van der Waals surface area contributed by atoms with Gasteiger partial charge < -0.3 is 9.47 Å². The van der Waals surface area contributed by atoms with Gasteiger partial charge in [-0.1, -0.05) is 30.3 Å². The summed E-state index contributed by atoms with van der Waals surface area (Å²) in [4.78, 5) is 0. The number of hydrogen-bond donors (Lipinski definition) is 0. The molecule has 0 aliphatic heterocycles. The van der Waals surface area contributed by atoms with E-state index in [0.717, 1.165) is 12.2 Å². The van der Waals surface area contributed by atoms with Crippen LogP contribution in [-0.2, 0) is 11.2 Å². The highest BCUT2D eigenvalue weighted by atomic mass is 16.5. The van der Waals surface area contributed by atoms with Crippen molar-refractivity contribution in [2.75, 3.05) is 19.8 Å². The van der Waals surface area contributed by atoms with Gasteiger partial charge >= 0.3 is 0 Å². The standard InChI is InChI=1S/C17H17NO2/c18-14-16-6-8-17(9-7-16)20-13-12-19-11-10-15-4-2-1-3-5-15/h1-9H,10-13H2. The van der Waals surface area contributed by atoms with Crippen LogP contribution in [0.2, 0.25) is 0 Å². The first-order valence-corrected chi connectivity index (χ1v) is 6.63. The Kier molecular flexibility index (Phi) is 5.63. The lowest BCUT2D eigenvalue weighted by molar-refractivity contribution is 0.102. The molecular weight excluding hydrogens is 250 g/mol. The number of nitriles is 1. The van der Waals surface area contributed by atoms with E-state index in [4.69, 9.17) is 14.7 Å². The molecular formula is C17H17NO2. The highest BCUT2D eigenvalue weighted by molar-refractivity contribution is 5.34. The highest BCUT2D eigenvalue weighted by Gasteiger charge is 1.96. The van der Waals surface area contributed by atoms with Gasteiger partial charge in [-0.05, 0) is 36.2 Å². The van der Waals surface area contributed by atoms with Gasteiger partial charge in [0.2, 0.25) is 0 Å². The first-order valence-electron chi connectivity index (χ1n) is 6.63. The maximum absolute atomic E-state index is 8.68. The zero-order chi connectivity index (χ0) is 14.0. The van der Waals surface area contributed by atoms with Gasteiger partial charge in [0.25, 0.3) is 0 Å². The van der Waals surface area contributed by atoms with Gasteiger partial charge in [0.05, 0.1) is 24.8 Å². The van der Waals surface area contributed by atoms with Gasteiger partial charge in [-0.3, -0.25) is 0 Å². The summed E-state index contributed by atoms with van der Waals surface area (Å²) in [6.45, 7) is 1.77. The lowest BCUT2D eigenvalue weighted by Gasteiger charge is -2.07. The molecule has 2 aromatic rings. The molecule has 2 aromatic carbocycles. The average Bonchev–Trinajstić information content (AvgIpc) is 2.52. The van der Waals surface area contributed by atoms with Crippen LogP contribution in [0.25, 0.3) is 0 Å². The fraction of sp³-hybridized carbons (Fsp3) is 0.235. The molecule has 0 heterocycles.